The summed E-state index contributed by atoms with van der Waals surface area (Å²) < 4.78 is 8.95. The number of rotatable bonds is 4. The summed E-state index contributed by atoms with van der Waals surface area (Å²) in [5.41, 5.74) is 3.80. The third-order valence-corrected chi connectivity index (χ3v) is 7.46. The molecule has 39 heavy (non-hydrogen) atoms. The van der Waals surface area contributed by atoms with Crippen molar-refractivity contribution in [3.63, 3.8) is 0 Å². The smallest absolute Gasteiger partial charge is 0.410 e. The fourth-order valence-corrected chi connectivity index (χ4v) is 5.77. The standard InChI is InChI=1S/C30H38N6O3/c1-29(2,3)18-36-25-11-10-24(32-26(25)33(7)27(36)37)23-12-19(8-9-20(23)14-31)15-34-16-22-13-21(34)17-35(22)28(38)39-30(4,5)6/h8-12,21-22H,13,15-18H2,1-7H3/t21-,22?/m1/s1. The van der Waals surface area contributed by atoms with E-state index in [0.29, 0.717) is 30.0 Å². The molecule has 0 saturated carbocycles. The maximum atomic E-state index is 13.0. The minimum atomic E-state index is -0.504. The van der Waals surface area contributed by atoms with E-state index in [9.17, 15) is 14.9 Å². The van der Waals surface area contributed by atoms with E-state index < -0.39 is 5.60 Å². The first-order valence-corrected chi connectivity index (χ1v) is 13.6. The lowest BCUT2D eigenvalue weighted by Crippen LogP contribution is -2.49. The molecule has 2 aliphatic heterocycles. The summed E-state index contributed by atoms with van der Waals surface area (Å²) in [6, 6.07) is 12.5. The predicted molar refractivity (Wildman–Crippen MR) is 150 cm³/mol. The number of nitriles is 1. The van der Waals surface area contributed by atoms with Crippen LogP contribution < -0.4 is 5.69 Å². The van der Waals surface area contributed by atoms with Crippen molar-refractivity contribution in [2.45, 2.75) is 78.7 Å². The SMILES string of the molecule is Cn1c(=O)n(CC(C)(C)C)c2ccc(-c3cc(CN4CC5C[C@@H]4CN5C(=O)OC(C)(C)C)ccc3C#N)nc21. The largest absolute Gasteiger partial charge is 0.444 e. The Morgan fingerprint density at radius 2 is 1.85 bits per heavy atom. The number of aromatic nitrogens is 3. The minimum absolute atomic E-state index is 0.0575. The Balaban J connectivity index is 1.39. The molecular weight excluding hydrogens is 492 g/mol. The number of hydrogen-bond acceptors (Lipinski definition) is 6. The number of fused-ring (bicyclic) bond motifs is 3. The molecule has 0 aliphatic carbocycles. The van der Waals surface area contributed by atoms with Crippen molar-refractivity contribution in [2.75, 3.05) is 13.1 Å². The number of likely N-dealkylation sites (tertiary alicyclic amines) is 2. The van der Waals surface area contributed by atoms with Crippen LogP contribution in [0.25, 0.3) is 22.4 Å². The van der Waals surface area contributed by atoms with E-state index in [4.69, 9.17) is 9.72 Å². The summed E-state index contributed by atoms with van der Waals surface area (Å²) in [5.74, 6) is 0. The number of ether oxygens (including phenoxy) is 1. The molecule has 2 aromatic heterocycles. The van der Waals surface area contributed by atoms with Crippen LogP contribution in [0.5, 0.6) is 0 Å². The van der Waals surface area contributed by atoms with E-state index in [1.165, 1.54) is 0 Å². The van der Waals surface area contributed by atoms with Gasteiger partial charge in [-0.05, 0) is 62.4 Å². The highest BCUT2D eigenvalue weighted by Crippen LogP contribution is 2.34. The summed E-state index contributed by atoms with van der Waals surface area (Å²) >= 11 is 0. The Bertz CT molecular complexity index is 1530. The number of benzene rings is 1. The van der Waals surface area contributed by atoms with E-state index in [-0.39, 0.29) is 29.3 Å². The van der Waals surface area contributed by atoms with Gasteiger partial charge in [-0.15, -0.1) is 0 Å². The third kappa shape index (κ3) is 5.30. The first-order valence-electron chi connectivity index (χ1n) is 13.6. The molecule has 0 N–H and O–H groups in total. The third-order valence-electron chi connectivity index (χ3n) is 7.46. The van der Waals surface area contributed by atoms with Crippen LogP contribution in [-0.4, -0.2) is 60.8 Å². The molecule has 1 aromatic carbocycles. The predicted octanol–water partition coefficient (Wildman–Crippen LogP) is 4.51. The molecule has 4 heterocycles. The van der Waals surface area contributed by atoms with Crippen LogP contribution >= 0.6 is 0 Å². The van der Waals surface area contributed by atoms with E-state index in [1.54, 1.807) is 16.2 Å². The molecule has 2 saturated heterocycles. The molecule has 2 atom stereocenters. The maximum absolute atomic E-state index is 13.0. The van der Waals surface area contributed by atoms with Gasteiger partial charge in [0.05, 0.1) is 22.8 Å². The second-order valence-corrected chi connectivity index (χ2v) is 13.1. The van der Waals surface area contributed by atoms with Crippen molar-refractivity contribution >= 4 is 17.3 Å². The Morgan fingerprint density at radius 1 is 1.10 bits per heavy atom. The summed E-state index contributed by atoms with van der Waals surface area (Å²) in [7, 11) is 1.74. The number of imidazole rings is 1. The quantitative estimate of drug-likeness (QED) is 0.492. The second kappa shape index (κ2) is 9.53. The molecule has 3 aromatic rings. The summed E-state index contributed by atoms with van der Waals surface area (Å²) in [5, 5.41) is 9.85. The van der Waals surface area contributed by atoms with Crippen LogP contribution in [0.4, 0.5) is 4.79 Å². The molecule has 1 amide bonds. The summed E-state index contributed by atoms with van der Waals surface area (Å²) in [4.78, 5) is 34.7. The van der Waals surface area contributed by atoms with Crippen LogP contribution in [0.15, 0.2) is 35.1 Å². The van der Waals surface area contributed by atoms with Gasteiger partial charge in [0.15, 0.2) is 5.65 Å². The van der Waals surface area contributed by atoms with Crippen molar-refractivity contribution in [1.29, 1.82) is 5.26 Å². The first kappa shape index (κ1) is 26.9. The lowest BCUT2D eigenvalue weighted by Gasteiger charge is -2.35. The highest BCUT2D eigenvalue weighted by molar-refractivity contribution is 5.78. The molecular formula is C30H38N6O3. The van der Waals surface area contributed by atoms with Crippen LogP contribution in [0.2, 0.25) is 0 Å². The minimum Gasteiger partial charge on any atom is -0.444 e. The molecule has 2 bridgehead atoms. The van der Waals surface area contributed by atoms with Crippen LogP contribution in [0, 0.1) is 16.7 Å². The summed E-state index contributed by atoms with van der Waals surface area (Å²) in [6.45, 7) is 14.8. The number of carbonyl (C=O) groups is 1. The number of hydrogen-bond donors (Lipinski definition) is 0. The van der Waals surface area contributed by atoms with Gasteiger partial charge in [0, 0.05) is 50.9 Å². The van der Waals surface area contributed by atoms with Crippen molar-refractivity contribution in [1.82, 2.24) is 23.9 Å². The number of nitrogens with zero attached hydrogens (tertiary/aromatic N) is 6. The zero-order valence-electron chi connectivity index (χ0n) is 24.0. The van der Waals surface area contributed by atoms with Crippen molar-refractivity contribution in [2.24, 2.45) is 12.5 Å². The molecule has 2 fully saturated rings. The number of pyridine rings is 1. The highest BCUT2D eigenvalue weighted by atomic mass is 16.6. The Kier molecular flexibility index (Phi) is 6.58. The van der Waals surface area contributed by atoms with E-state index >= 15 is 0 Å². The molecule has 2 aliphatic rings. The zero-order chi connectivity index (χ0) is 28.3. The summed E-state index contributed by atoms with van der Waals surface area (Å²) in [6.07, 6.45) is 0.711. The Labute approximate surface area is 229 Å². The van der Waals surface area contributed by atoms with Gasteiger partial charge in [0.2, 0.25) is 0 Å². The van der Waals surface area contributed by atoms with Gasteiger partial charge in [0.25, 0.3) is 0 Å². The van der Waals surface area contributed by atoms with Gasteiger partial charge in [-0.25, -0.2) is 14.6 Å². The maximum Gasteiger partial charge on any atom is 0.410 e. The lowest BCUT2D eigenvalue weighted by molar-refractivity contribution is 0.0124. The second-order valence-electron chi connectivity index (χ2n) is 13.1. The molecule has 0 radical (unpaired) electrons. The fraction of sp³-hybridized carbons (Fsp3) is 0.533. The molecule has 1 unspecified atom stereocenters. The van der Waals surface area contributed by atoms with Crippen molar-refractivity contribution in [3.8, 4) is 17.3 Å². The van der Waals surface area contributed by atoms with E-state index in [1.807, 2.05) is 56.0 Å². The molecule has 9 nitrogen and oxygen atoms in total. The van der Waals surface area contributed by atoms with Crippen LogP contribution in [-0.2, 0) is 24.9 Å². The Morgan fingerprint density at radius 3 is 2.46 bits per heavy atom. The van der Waals surface area contributed by atoms with Gasteiger partial charge in [-0.2, -0.15) is 5.26 Å². The van der Waals surface area contributed by atoms with E-state index in [0.717, 1.165) is 36.2 Å². The van der Waals surface area contributed by atoms with Crippen LogP contribution in [0.1, 0.15) is 59.1 Å². The fourth-order valence-electron chi connectivity index (χ4n) is 5.77. The zero-order valence-corrected chi connectivity index (χ0v) is 24.0. The van der Waals surface area contributed by atoms with Crippen molar-refractivity contribution in [3.05, 3.63) is 51.9 Å². The van der Waals surface area contributed by atoms with Gasteiger partial charge >= 0.3 is 11.8 Å². The molecule has 5 rings (SSSR count). The number of carbonyl (C=O) groups excluding carboxylic acids is 1. The highest BCUT2D eigenvalue weighted by Gasteiger charge is 2.46. The lowest BCUT2D eigenvalue weighted by atomic mass is 9.97. The average Bonchev–Trinajstić information content (AvgIpc) is 3.51. The normalized spacial score (nSPS) is 19.6. The van der Waals surface area contributed by atoms with Gasteiger partial charge in [-0.1, -0.05) is 26.8 Å². The van der Waals surface area contributed by atoms with Gasteiger partial charge in [0.1, 0.15) is 5.60 Å². The average molecular weight is 531 g/mol. The number of aryl methyl sites for hydroxylation is 1. The molecule has 206 valence electrons. The van der Waals surface area contributed by atoms with Gasteiger partial charge in [-0.3, -0.25) is 14.0 Å². The number of piperazine rings is 1. The molecule has 9 heteroatoms. The van der Waals surface area contributed by atoms with E-state index in [2.05, 4.69) is 31.7 Å². The van der Waals surface area contributed by atoms with Crippen molar-refractivity contribution < 1.29 is 9.53 Å². The number of amides is 1. The Hall–Kier alpha value is -3.64. The first-order chi connectivity index (χ1) is 18.2. The monoisotopic (exact) mass is 530 g/mol. The topological polar surface area (TPSA) is 96.4 Å². The van der Waals surface area contributed by atoms with Crippen LogP contribution in [0.3, 0.4) is 0 Å². The molecule has 0 spiro atoms. The van der Waals surface area contributed by atoms with Gasteiger partial charge < -0.3 is 9.64 Å².